The molecule has 14 heavy (non-hydrogen) atoms. The number of hydrogen-bond acceptors (Lipinski definition) is 3. The molecule has 74 valence electrons. The summed E-state index contributed by atoms with van der Waals surface area (Å²) in [7, 11) is 3.76. The third-order valence-electron chi connectivity index (χ3n) is 1.49. The Morgan fingerprint density at radius 2 is 2.21 bits per heavy atom. The van der Waals surface area contributed by atoms with Gasteiger partial charge in [0.15, 0.2) is 5.78 Å². The molecule has 0 bridgehead atoms. The molecular formula is C11H13NOS. The van der Waals surface area contributed by atoms with E-state index < -0.39 is 0 Å². The van der Waals surface area contributed by atoms with Gasteiger partial charge in [0.1, 0.15) is 0 Å². The summed E-state index contributed by atoms with van der Waals surface area (Å²) in [5.41, 5.74) is 0. The number of rotatable bonds is 4. The van der Waals surface area contributed by atoms with Crippen LogP contribution in [-0.2, 0) is 4.79 Å². The lowest BCUT2D eigenvalue weighted by Crippen LogP contribution is -2.01. The second kappa shape index (κ2) is 5.40. The second-order valence-corrected chi connectivity index (χ2v) is 4.01. The highest BCUT2D eigenvalue weighted by molar-refractivity contribution is 7.10. The van der Waals surface area contributed by atoms with Crippen molar-refractivity contribution in [2.45, 2.75) is 0 Å². The number of nitrogens with zero attached hydrogens (tertiary/aromatic N) is 1. The Bertz CT molecular complexity index is 336. The molecule has 1 aromatic rings. The van der Waals surface area contributed by atoms with Crippen LogP contribution in [0, 0.1) is 0 Å². The molecule has 0 aliphatic carbocycles. The van der Waals surface area contributed by atoms with Gasteiger partial charge in [0, 0.05) is 31.2 Å². The van der Waals surface area contributed by atoms with Crippen molar-refractivity contribution in [2.75, 3.05) is 14.1 Å². The summed E-state index contributed by atoms with van der Waals surface area (Å²) in [6.07, 6.45) is 6.68. The first kappa shape index (κ1) is 10.7. The normalized spacial score (nSPS) is 11.3. The van der Waals surface area contributed by atoms with E-state index in [9.17, 15) is 4.79 Å². The summed E-state index contributed by atoms with van der Waals surface area (Å²) < 4.78 is 0. The van der Waals surface area contributed by atoms with E-state index in [1.165, 1.54) is 0 Å². The van der Waals surface area contributed by atoms with Crippen molar-refractivity contribution < 1.29 is 4.79 Å². The largest absolute Gasteiger partial charge is 0.383 e. The Morgan fingerprint density at radius 3 is 2.79 bits per heavy atom. The molecule has 3 heteroatoms. The van der Waals surface area contributed by atoms with Gasteiger partial charge in [-0.25, -0.2) is 0 Å². The summed E-state index contributed by atoms with van der Waals surface area (Å²) in [6.45, 7) is 0. The van der Waals surface area contributed by atoms with Gasteiger partial charge < -0.3 is 4.90 Å². The number of carbonyl (C=O) groups excluding carboxylic acids is 1. The minimum absolute atomic E-state index is 0.00657. The van der Waals surface area contributed by atoms with Crippen LogP contribution < -0.4 is 0 Å². The average molecular weight is 207 g/mol. The van der Waals surface area contributed by atoms with Crippen molar-refractivity contribution in [1.29, 1.82) is 0 Å². The van der Waals surface area contributed by atoms with Gasteiger partial charge >= 0.3 is 0 Å². The van der Waals surface area contributed by atoms with Gasteiger partial charge in [-0.1, -0.05) is 6.07 Å². The highest BCUT2D eigenvalue weighted by atomic mass is 32.1. The van der Waals surface area contributed by atoms with Crippen LogP contribution in [0.4, 0.5) is 0 Å². The maximum Gasteiger partial charge on any atom is 0.180 e. The summed E-state index contributed by atoms with van der Waals surface area (Å²) in [5.74, 6) is 0.00657. The standard InChI is InChI=1S/C11H13NOS/c1-12(2)8-7-10(13)5-6-11-4-3-9-14-11/h3-9H,1-2H3. The fourth-order valence-corrected chi connectivity index (χ4v) is 1.45. The first-order valence-corrected chi connectivity index (χ1v) is 5.16. The monoisotopic (exact) mass is 207 g/mol. The van der Waals surface area contributed by atoms with Crippen LogP contribution in [0.1, 0.15) is 4.88 Å². The van der Waals surface area contributed by atoms with Crippen molar-refractivity contribution >= 4 is 23.2 Å². The van der Waals surface area contributed by atoms with Gasteiger partial charge in [-0.05, 0) is 23.6 Å². The molecule has 0 radical (unpaired) electrons. The van der Waals surface area contributed by atoms with Gasteiger partial charge in [0.2, 0.25) is 0 Å². The molecule has 0 spiro atoms. The Balaban J connectivity index is 2.49. The van der Waals surface area contributed by atoms with Gasteiger partial charge in [-0.15, -0.1) is 11.3 Å². The van der Waals surface area contributed by atoms with Crippen LogP contribution >= 0.6 is 11.3 Å². The predicted octanol–water partition coefficient (Wildman–Crippen LogP) is 2.41. The van der Waals surface area contributed by atoms with Gasteiger partial charge in [-0.3, -0.25) is 4.79 Å². The van der Waals surface area contributed by atoms with Crippen LogP contribution in [0.15, 0.2) is 35.9 Å². The van der Waals surface area contributed by atoms with Crippen LogP contribution in [0.5, 0.6) is 0 Å². The molecule has 2 nitrogen and oxygen atoms in total. The molecule has 1 heterocycles. The second-order valence-electron chi connectivity index (χ2n) is 3.03. The van der Waals surface area contributed by atoms with Crippen molar-refractivity contribution in [1.82, 2.24) is 4.90 Å². The molecule has 0 atom stereocenters. The molecule has 0 fully saturated rings. The Labute approximate surface area is 88.2 Å². The van der Waals surface area contributed by atoms with E-state index in [0.717, 1.165) is 4.88 Å². The minimum atomic E-state index is 0.00657. The zero-order chi connectivity index (χ0) is 10.4. The van der Waals surface area contributed by atoms with Crippen molar-refractivity contribution in [3.63, 3.8) is 0 Å². The van der Waals surface area contributed by atoms with Crippen molar-refractivity contribution in [3.8, 4) is 0 Å². The summed E-state index contributed by atoms with van der Waals surface area (Å²) in [4.78, 5) is 14.2. The van der Waals surface area contributed by atoms with E-state index in [0.29, 0.717) is 0 Å². The van der Waals surface area contributed by atoms with Gasteiger partial charge in [0.05, 0.1) is 0 Å². The molecule has 0 amide bonds. The lowest BCUT2D eigenvalue weighted by atomic mass is 10.3. The quantitative estimate of drug-likeness (QED) is 0.707. The van der Waals surface area contributed by atoms with E-state index in [1.807, 2.05) is 42.6 Å². The van der Waals surface area contributed by atoms with Crippen LogP contribution in [0.3, 0.4) is 0 Å². The molecule has 0 N–H and O–H groups in total. The SMILES string of the molecule is CN(C)C=CC(=O)C=Cc1cccs1. The maximum atomic E-state index is 11.2. The minimum Gasteiger partial charge on any atom is -0.383 e. The summed E-state index contributed by atoms with van der Waals surface area (Å²) in [6, 6.07) is 3.94. The lowest BCUT2D eigenvalue weighted by molar-refractivity contribution is -0.110. The molecule has 1 aromatic heterocycles. The van der Waals surface area contributed by atoms with Gasteiger partial charge in [-0.2, -0.15) is 0 Å². The number of hydrogen-bond donors (Lipinski definition) is 0. The van der Waals surface area contributed by atoms with Crippen LogP contribution in [0.2, 0.25) is 0 Å². The number of ketones is 1. The third kappa shape index (κ3) is 4.05. The van der Waals surface area contributed by atoms with Crippen molar-refractivity contribution in [3.05, 3.63) is 40.7 Å². The zero-order valence-electron chi connectivity index (χ0n) is 8.31. The van der Waals surface area contributed by atoms with E-state index in [1.54, 1.807) is 29.7 Å². The zero-order valence-corrected chi connectivity index (χ0v) is 9.12. The maximum absolute atomic E-state index is 11.2. The van der Waals surface area contributed by atoms with Crippen LogP contribution in [0.25, 0.3) is 6.08 Å². The molecule has 0 unspecified atom stereocenters. The van der Waals surface area contributed by atoms with E-state index in [4.69, 9.17) is 0 Å². The van der Waals surface area contributed by atoms with E-state index in [2.05, 4.69) is 0 Å². The van der Waals surface area contributed by atoms with Crippen LogP contribution in [-0.4, -0.2) is 24.8 Å². The topological polar surface area (TPSA) is 20.3 Å². The smallest absolute Gasteiger partial charge is 0.180 e. The molecule has 1 rings (SSSR count). The fourth-order valence-electron chi connectivity index (χ4n) is 0.828. The number of allylic oxidation sites excluding steroid dienone is 2. The molecule has 0 aliphatic heterocycles. The Hall–Kier alpha value is -1.35. The fraction of sp³-hybridized carbons (Fsp3) is 0.182. The van der Waals surface area contributed by atoms with E-state index in [-0.39, 0.29) is 5.78 Å². The number of carbonyl (C=O) groups is 1. The average Bonchev–Trinajstić information content (AvgIpc) is 2.63. The highest BCUT2D eigenvalue weighted by Crippen LogP contribution is 2.09. The number of thiophene rings is 1. The summed E-state index contributed by atoms with van der Waals surface area (Å²) in [5, 5.41) is 1.99. The van der Waals surface area contributed by atoms with Crippen molar-refractivity contribution in [2.24, 2.45) is 0 Å². The molecular weight excluding hydrogens is 194 g/mol. The first-order chi connectivity index (χ1) is 6.68. The van der Waals surface area contributed by atoms with Gasteiger partial charge in [0.25, 0.3) is 0 Å². The molecule has 0 aromatic carbocycles. The summed E-state index contributed by atoms with van der Waals surface area (Å²) >= 11 is 1.62. The molecule has 0 saturated heterocycles. The third-order valence-corrected chi connectivity index (χ3v) is 2.33. The Kier molecular flexibility index (Phi) is 4.13. The Morgan fingerprint density at radius 1 is 1.43 bits per heavy atom. The van der Waals surface area contributed by atoms with E-state index >= 15 is 0 Å². The molecule has 0 saturated carbocycles. The highest BCUT2D eigenvalue weighted by Gasteiger charge is 1.90. The molecule has 0 aliphatic rings. The lowest BCUT2D eigenvalue weighted by Gasteiger charge is -2.00. The predicted molar refractivity (Wildman–Crippen MR) is 61.2 cm³/mol. The first-order valence-electron chi connectivity index (χ1n) is 4.28.